The van der Waals surface area contributed by atoms with Crippen LogP contribution in [0.1, 0.15) is 47.0 Å². The second-order valence-corrected chi connectivity index (χ2v) is 6.09. The molecule has 0 N–H and O–H groups in total. The fraction of sp³-hybridized carbons (Fsp3) is 0.611. The lowest BCUT2D eigenvalue weighted by atomic mass is 9.78. The van der Waals surface area contributed by atoms with Crippen molar-refractivity contribution in [1.82, 2.24) is 0 Å². The SMILES string of the molecule is CCOC(=O)C1(C(=O)OCC)CCC=C2C(=C(C)C(=O)[C@@H]2C)C1. The number of rotatable bonds is 4. The molecule has 0 aliphatic heterocycles. The van der Waals surface area contributed by atoms with Crippen LogP contribution in [0, 0.1) is 11.3 Å². The van der Waals surface area contributed by atoms with Gasteiger partial charge in [0.05, 0.1) is 13.2 Å². The smallest absolute Gasteiger partial charge is 0.323 e. The van der Waals surface area contributed by atoms with E-state index < -0.39 is 17.4 Å². The molecule has 23 heavy (non-hydrogen) atoms. The summed E-state index contributed by atoms with van der Waals surface area (Å²) in [5.74, 6) is -1.25. The second kappa shape index (κ2) is 6.69. The van der Waals surface area contributed by atoms with Gasteiger partial charge in [0, 0.05) is 5.92 Å². The van der Waals surface area contributed by atoms with Gasteiger partial charge in [-0.25, -0.2) is 0 Å². The Hall–Kier alpha value is -1.91. The number of fused-ring (bicyclic) bond motifs is 1. The number of ketones is 1. The third-order valence-corrected chi connectivity index (χ3v) is 4.78. The normalized spacial score (nSPS) is 23.0. The number of carbonyl (C=O) groups is 3. The summed E-state index contributed by atoms with van der Waals surface area (Å²) in [6, 6.07) is 0. The van der Waals surface area contributed by atoms with Crippen molar-refractivity contribution < 1.29 is 23.9 Å². The molecule has 0 radical (unpaired) electrons. The van der Waals surface area contributed by atoms with Crippen LogP contribution in [-0.2, 0) is 23.9 Å². The van der Waals surface area contributed by atoms with Crippen molar-refractivity contribution in [2.24, 2.45) is 11.3 Å². The van der Waals surface area contributed by atoms with E-state index in [4.69, 9.17) is 9.47 Å². The van der Waals surface area contributed by atoms with Crippen molar-refractivity contribution in [3.63, 3.8) is 0 Å². The topological polar surface area (TPSA) is 69.7 Å². The quantitative estimate of drug-likeness (QED) is 0.588. The number of ether oxygens (including phenoxy) is 2. The van der Waals surface area contributed by atoms with E-state index in [2.05, 4.69) is 0 Å². The highest BCUT2D eigenvalue weighted by Crippen LogP contribution is 2.46. The molecule has 1 atom stereocenters. The van der Waals surface area contributed by atoms with Gasteiger partial charge in [-0.1, -0.05) is 13.0 Å². The van der Waals surface area contributed by atoms with Gasteiger partial charge >= 0.3 is 11.9 Å². The molecule has 0 heterocycles. The molecule has 2 aliphatic carbocycles. The third-order valence-electron chi connectivity index (χ3n) is 4.78. The number of allylic oxidation sites excluding steroid dienone is 4. The second-order valence-electron chi connectivity index (χ2n) is 6.09. The van der Waals surface area contributed by atoms with E-state index in [9.17, 15) is 14.4 Å². The zero-order valence-electron chi connectivity index (χ0n) is 14.2. The highest BCUT2D eigenvalue weighted by molar-refractivity contribution is 6.06. The van der Waals surface area contributed by atoms with Crippen LogP contribution in [0.5, 0.6) is 0 Å². The van der Waals surface area contributed by atoms with Gasteiger partial charge in [0.15, 0.2) is 11.2 Å². The molecule has 0 aromatic heterocycles. The molecule has 0 fully saturated rings. The van der Waals surface area contributed by atoms with Crippen LogP contribution in [0.15, 0.2) is 22.8 Å². The van der Waals surface area contributed by atoms with E-state index in [1.54, 1.807) is 20.8 Å². The molecular weight excluding hydrogens is 296 g/mol. The first-order valence-electron chi connectivity index (χ1n) is 8.17. The number of hydrogen-bond donors (Lipinski definition) is 0. The van der Waals surface area contributed by atoms with E-state index in [0.29, 0.717) is 18.4 Å². The van der Waals surface area contributed by atoms with Gasteiger partial charge in [-0.05, 0) is 56.8 Å². The van der Waals surface area contributed by atoms with Crippen molar-refractivity contribution >= 4 is 17.7 Å². The van der Waals surface area contributed by atoms with Gasteiger partial charge in [-0.2, -0.15) is 0 Å². The zero-order chi connectivity index (χ0) is 17.2. The van der Waals surface area contributed by atoms with Crippen molar-refractivity contribution in [2.45, 2.75) is 47.0 Å². The summed E-state index contributed by atoms with van der Waals surface area (Å²) in [6.45, 7) is 7.46. The molecule has 0 unspecified atom stereocenters. The molecule has 5 heteroatoms. The van der Waals surface area contributed by atoms with Crippen LogP contribution in [-0.4, -0.2) is 30.9 Å². The fourth-order valence-electron chi connectivity index (χ4n) is 3.46. The maximum Gasteiger partial charge on any atom is 0.323 e. The Bertz CT molecular complexity index is 579. The Morgan fingerprint density at radius 2 is 1.78 bits per heavy atom. The highest BCUT2D eigenvalue weighted by Gasteiger charge is 2.51. The standard InChI is InChI=1S/C18H24O5/c1-5-22-16(20)18(17(21)23-6-2)9-7-8-13-11(3)15(19)12(4)14(13)10-18/h8,11H,5-7,9-10H2,1-4H3/t11-/m1/s1. The Kier molecular flexibility index (Phi) is 5.07. The number of esters is 2. The maximum atomic E-state index is 12.6. The summed E-state index contributed by atoms with van der Waals surface area (Å²) in [6.07, 6.45) is 3.04. The Labute approximate surface area is 136 Å². The summed E-state index contributed by atoms with van der Waals surface area (Å²) in [5, 5.41) is 0. The maximum absolute atomic E-state index is 12.6. The number of carbonyl (C=O) groups excluding carboxylic acids is 3. The summed E-state index contributed by atoms with van der Waals surface area (Å²) in [4.78, 5) is 37.4. The lowest BCUT2D eigenvalue weighted by Crippen LogP contribution is -2.42. The first kappa shape index (κ1) is 17.4. The van der Waals surface area contributed by atoms with Crippen molar-refractivity contribution in [2.75, 3.05) is 13.2 Å². The third kappa shape index (κ3) is 2.84. The monoisotopic (exact) mass is 320 g/mol. The number of Topliss-reactive ketones (excluding diaryl/α,β-unsaturated/α-hetero) is 1. The van der Waals surface area contributed by atoms with Crippen LogP contribution in [0.3, 0.4) is 0 Å². The minimum absolute atomic E-state index is 0.0646. The molecule has 2 aliphatic rings. The molecule has 0 spiro atoms. The molecule has 5 nitrogen and oxygen atoms in total. The summed E-state index contributed by atoms with van der Waals surface area (Å²) >= 11 is 0. The van der Waals surface area contributed by atoms with Gasteiger partial charge in [0.1, 0.15) is 0 Å². The van der Waals surface area contributed by atoms with E-state index in [-0.39, 0.29) is 31.3 Å². The van der Waals surface area contributed by atoms with E-state index in [0.717, 1.165) is 11.1 Å². The molecule has 0 amide bonds. The largest absolute Gasteiger partial charge is 0.465 e. The van der Waals surface area contributed by atoms with Gasteiger partial charge in [-0.15, -0.1) is 0 Å². The molecule has 2 rings (SSSR count). The minimum atomic E-state index is -1.36. The molecular formula is C18H24O5. The van der Waals surface area contributed by atoms with Gasteiger partial charge in [-0.3, -0.25) is 14.4 Å². The Morgan fingerprint density at radius 1 is 1.22 bits per heavy atom. The first-order chi connectivity index (χ1) is 10.9. The lowest BCUT2D eigenvalue weighted by Gasteiger charge is -2.28. The predicted molar refractivity (Wildman–Crippen MR) is 84.5 cm³/mol. The van der Waals surface area contributed by atoms with Crippen molar-refractivity contribution in [1.29, 1.82) is 0 Å². The van der Waals surface area contributed by atoms with E-state index >= 15 is 0 Å². The van der Waals surface area contributed by atoms with Crippen molar-refractivity contribution in [3.05, 3.63) is 22.8 Å². The van der Waals surface area contributed by atoms with Gasteiger partial charge < -0.3 is 9.47 Å². The average molecular weight is 320 g/mol. The van der Waals surface area contributed by atoms with E-state index in [1.807, 2.05) is 13.0 Å². The summed E-state index contributed by atoms with van der Waals surface area (Å²) in [7, 11) is 0. The molecule has 0 aromatic carbocycles. The molecule has 0 saturated heterocycles. The van der Waals surface area contributed by atoms with Crippen LogP contribution in [0.2, 0.25) is 0 Å². The number of hydrogen-bond acceptors (Lipinski definition) is 5. The van der Waals surface area contributed by atoms with Crippen molar-refractivity contribution in [3.8, 4) is 0 Å². The van der Waals surface area contributed by atoms with E-state index in [1.165, 1.54) is 0 Å². The van der Waals surface area contributed by atoms with Crippen LogP contribution in [0.4, 0.5) is 0 Å². The molecule has 0 bridgehead atoms. The minimum Gasteiger partial charge on any atom is -0.465 e. The van der Waals surface area contributed by atoms with Crippen LogP contribution >= 0.6 is 0 Å². The molecule has 0 aromatic rings. The molecule has 0 saturated carbocycles. The fourth-order valence-corrected chi connectivity index (χ4v) is 3.46. The Balaban J connectivity index is 2.47. The average Bonchev–Trinajstić information content (AvgIpc) is 2.70. The summed E-state index contributed by atoms with van der Waals surface area (Å²) in [5.41, 5.74) is 1.04. The molecule has 126 valence electrons. The van der Waals surface area contributed by atoms with Crippen LogP contribution < -0.4 is 0 Å². The predicted octanol–water partition coefficient (Wildman–Crippen LogP) is 2.74. The lowest BCUT2D eigenvalue weighted by molar-refractivity contribution is -0.172. The van der Waals surface area contributed by atoms with Gasteiger partial charge in [0.25, 0.3) is 0 Å². The first-order valence-corrected chi connectivity index (χ1v) is 8.17. The summed E-state index contributed by atoms with van der Waals surface area (Å²) < 4.78 is 10.3. The van der Waals surface area contributed by atoms with Crippen LogP contribution in [0.25, 0.3) is 0 Å². The highest BCUT2D eigenvalue weighted by atomic mass is 16.6. The van der Waals surface area contributed by atoms with Gasteiger partial charge in [0.2, 0.25) is 0 Å². The zero-order valence-corrected chi connectivity index (χ0v) is 14.2. The Morgan fingerprint density at radius 3 is 2.30 bits per heavy atom.